The third-order valence-corrected chi connectivity index (χ3v) is 2.48. The average molecular weight is 194 g/mol. The summed E-state index contributed by atoms with van der Waals surface area (Å²) in [5, 5.41) is 2.78. The number of carbonyl (C=O) groups excluding carboxylic acids is 1. The smallest absolute Gasteiger partial charge is 0.317 e. The molecule has 0 bridgehead atoms. The molecule has 0 spiro atoms. The number of aromatic nitrogens is 2. The fourth-order valence-electron chi connectivity index (χ4n) is 1.59. The molecular weight excluding hydrogens is 180 g/mol. The molecule has 76 valence electrons. The van der Waals surface area contributed by atoms with Gasteiger partial charge < -0.3 is 14.8 Å². The number of carbonyl (C=O) groups is 1. The van der Waals surface area contributed by atoms with E-state index in [2.05, 4.69) is 10.3 Å². The Bertz CT molecular complexity index is 333. The Morgan fingerprint density at radius 1 is 1.57 bits per heavy atom. The first-order valence-electron chi connectivity index (χ1n) is 4.78. The Morgan fingerprint density at radius 2 is 2.43 bits per heavy atom. The molecule has 1 saturated heterocycles. The molecule has 2 amide bonds. The Balaban J connectivity index is 1.88. The van der Waals surface area contributed by atoms with Crippen molar-refractivity contribution in [2.45, 2.75) is 13.5 Å². The lowest BCUT2D eigenvalue weighted by molar-refractivity contribution is 0.215. The molecule has 14 heavy (non-hydrogen) atoms. The normalized spacial score (nSPS) is 16.1. The van der Waals surface area contributed by atoms with E-state index in [9.17, 15) is 4.79 Å². The minimum atomic E-state index is 0.0442. The summed E-state index contributed by atoms with van der Waals surface area (Å²) in [4.78, 5) is 17.2. The van der Waals surface area contributed by atoms with Gasteiger partial charge in [0, 0.05) is 38.6 Å². The van der Waals surface area contributed by atoms with Gasteiger partial charge in [0.15, 0.2) is 0 Å². The van der Waals surface area contributed by atoms with Gasteiger partial charge in [-0.3, -0.25) is 0 Å². The van der Waals surface area contributed by atoms with E-state index in [1.54, 1.807) is 6.20 Å². The zero-order valence-electron chi connectivity index (χ0n) is 8.23. The van der Waals surface area contributed by atoms with Gasteiger partial charge in [-0.15, -0.1) is 0 Å². The Kier molecular flexibility index (Phi) is 2.39. The first-order chi connectivity index (χ1) is 6.77. The molecule has 2 rings (SSSR count). The van der Waals surface area contributed by atoms with Gasteiger partial charge in [0.05, 0.1) is 0 Å². The van der Waals surface area contributed by atoms with Crippen LogP contribution in [0.3, 0.4) is 0 Å². The van der Waals surface area contributed by atoms with E-state index in [0.717, 1.165) is 32.0 Å². The summed E-state index contributed by atoms with van der Waals surface area (Å²) >= 11 is 0. The van der Waals surface area contributed by atoms with Crippen molar-refractivity contribution in [1.29, 1.82) is 0 Å². The van der Waals surface area contributed by atoms with Crippen LogP contribution in [0.5, 0.6) is 0 Å². The van der Waals surface area contributed by atoms with Gasteiger partial charge in [-0.05, 0) is 6.92 Å². The molecule has 1 aliphatic rings. The van der Waals surface area contributed by atoms with Crippen molar-refractivity contribution < 1.29 is 4.79 Å². The van der Waals surface area contributed by atoms with E-state index in [-0.39, 0.29) is 6.03 Å². The molecule has 0 aromatic carbocycles. The van der Waals surface area contributed by atoms with Gasteiger partial charge in [-0.25, -0.2) is 9.78 Å². The van der Waals surface area contributed by atoms with Gasteiger partial charge >= 0.3 is 6.03 Å². The van der Waals surface area contributed by atoms with Crippen LogP contribution in [0.4, 0.5) is 4.79 Å². The molecule has 0 radical (unpaired) electrons. The van der Waals surface area contributed by atoms with Gasteiger partial charge in [0.2, 0.25) is 0 Å². The number of hydrogen-bond donors (Lipinski definition) is 1. The lowest BCUT2D eigenvalue weighted by atomic mass is 10.5. The molecule has 0 aliphatic carbocycles. The number of aryl methyl sites for hydroxylation is 1. The Morgan fingerprint density at radius 3 is 3.00 bits per heavy atom. The first kappa shape index (κ1) is 9.05. The standard InChI is InChI=1S/C9H14N4O/c1-8-10-2-4-12(8)6-7-13-5-3-11-9(13)14/h2,4H,3,5-7H2,1H3,(H,11,14). The SMILES string of the molecule is Cc1nccn1CCN1CCNC1=O. The molecule has 1 aromatic heterocycles. The first-order valence-corrected chi connectivity index (χ1v) is 4.78. The number of nitrogens with zero attached hydrogens (tertiary/aromatic N) is 3. The topological polar surface area (TPSA) is 50.2 Å². The molecule has 5 heteroatoms. The predicted octanol–water partition coefficient (Wildman–Crippen LogP) is 0.217. The third kappa shape index (κ3) is 1.71. The van der Waals surface area contributed by atoms with Crippen molar-refractivity contribution in [1.82, 2.24) is 19.8 Å². The fourth-order valence-corrected chi connectivity index (χ4v) is 1.59. The number of amides is 2. The molecule has 1 aromatic rings. The molecule has 0 unspecified atom stereocenters. The number of rotatable bonds is 3. The molecule has 1 N–H and O–H groups in total. The molecule has 1 aliphatic heterocycles. The number of imidazole rings is 1. The highest BCUT2D eigenvalue weighted by atomic mass is 16.2. The molecule has 1 fully saturated rings. The summed E-state index contributed by atoms with van der Waals surface area (Å²) < 4.78 is 2.05. The molecule has 2 heterocycles. The second-order valence-corrected chi connectivity index (χ2v) is 3.39. The summed E-state index contributed by atoms with van der Waals surface area (Å²) in [6.07, 6.45) is 3.71. The van der Waals surface area contributed by atoms with E-state index >= 15 is 0 Å². The van der Waals surface area contributed by atoms with E-state index in [1.807, 2.05) is 22.6 Å². The van der Waals surface area contributed by atoms with Gasteiger partial charge in [0.25, 0.3) is 0 Å². The highest BCUT2D eigenvalue weighted by Gasteiger charge is 2.18. The summed E-state index contributed by atoms with van der Waals surface area (Å²) in [7, 11) is 0. The number of nitrogens with one attached hydrogen (secondary N) is 1. The monoisotopic (exact) mass is 194 g/mol. The fraction of sp³-hybridized carbons (Fsp3) is 0.556. The lowest BCUT2D eigenvalue weighted by Gasteiger charge is -2.14. The van der Waals surface area contributed by atoms with Crippen molar-refractivity contribution in [2.75, 3.05) is 19.6 Å². The molecule has 5 nitrogen and oxygen atoms in total. The minimum absolute atomic E-state index is 0.0442. The van der Waals surface area contributed by atoms with E-state index in [1.165, 1.54) is 0 Å². The van der Waals surface area contributed by atoms with Gasteiger partial charge in [0.1, 0.15) is 5.82 Å². The van der Waals surface area contributed by atoms with Crippen LogP contribution in [-0.2, 0) is 6.54 Å². The lowest BCUT2D eigenvalue weighted by Crippen LogP contribution is -2.31. The van der Waals surface area contributed by atoms with Crippen molar-refractivity contribution in [3.63, 3.8) is 0 Å². The number of urea groups is 1. The highest BCUT2D eigenvalue weighted by Crippen LogP contribution is 2.00. The van der Waals surface area contributed by atoms with Crippen LogP contribution in [0.25, 0.3) is 0 Å². The van der Waals surface area contributed by atoms with Crippen molar-refractivity contribution in [3.8, 4) is 0 Å². The Hall–Kier alpha value is -1.52. The van der Waals surface area contributed by atoms with E-state index in [4.69, 9.17) is 0 Å². The average Bonchev–Trinajstić information content (AvgIpc) is 2.72. The predicted molar refractivity (Wildman–Crippen MR) is 51.9 cm³/mol. The van der Waals surface area contributed by atoms with E-state index in [0.29, 0.717) is 0 Å². The molecule has 0 saturated carbocycles. The van der Waals surface area contributed by atoms with Crippen molar-refractivity contribution in [3.05, 3.63) is 18.2 Å². The zero-order valence-corrected chi connectivity index (χ0v) is 8.23. The van der Waals surface area contributed by atoms with Crippen LogP contribution in [0.1, 0.15) is 5.82 Å². The van der Waals surface area contributed by atoms with Gasteiger partial charge in [-0.1, -0.05) is 0 Å². The summed E-state index contributed by atoms with van der Waals surface area (Å²) in [5.74, 6) is 0.990. The van der Waals surface area contributed by atoms with Crippen LogP contribution in [0.15, 0.2) is 12.4 Å². The minimum Gasteiger partial charge on any atom is -0.336 e. The second-order valence-electron chi connectivity index (χ2n) is 3.39. The van der Waals surface area contributed by atoms with Crippen LogP contribution in [-0.4, -0.2) is 40.1 Å². The largest absolute Gasteiger partial charge is 0.336 e. The molecular formula is C9H14N4O. The maximum absolute atomic E-state index is 11.2. The summed E-state index contributed by atoms with van der Waals surface area (Å²) in [6.45, 7) is 5.11. The third-order valence-electron chi connectivity index (χ3n) is 2.48. The maximum Gasteiger partial charge on any atom is 0.317 e. The zero-order chi connectivity index (χ0) is 9.97. The number of hydrogen-bond acceptors (Lipinski definition) is 2. The van der Waals surface area contributed by atoms with E-state index < -0.39 is 0 Å². The summed E-state index contributed by atoms with van der Waals surface area (Å²) in [5.41, 5.74) is 0. The van der Waals surface area contributed by atoms with Crippen LogP contribution >= 0.6 is 0 Å². The molecule has 0 atom stereocenters. The van der Waals surface area contributed by atoms with Crippen LogP contribution in [0, 0.1) is 6.92 Å². The van der Waals surface area contributed by atoms with Gasteiger partial charge in [-0.2, -0.15) is 0 Å². The maximum atomic E-state index is 11.2. The highest BCUT2D eigenvalue weighted by molar-refractivity contribution is 5.76. The van der Waals surface area contributed by atoms with Crippen LogP contribution < -0.4 is 5.32 Å². The van der Waals surface area contributed by atoms with Crippen molar-refractivity contribution in [2.24, 2.45) is 0 Å². The second kappa shape index (κ2) is 3.69. The van der Waals surface area contributed by atoms with Crippen LogP contribution in [0.2, 0.25) is 0 Å². The van der Waals surface area contributed by atoms with Crippen molar-refractivity contribution >= 4 is 6.03 Å². The quantitative estimate of drug-likeness (QED) is 0.748. The Labute approximate surface area is 82.7 Å². The summed E-state index contributed by atoms with van der Waals surface area (Å²) in [6, 6.07) is 0.0442.